The lowest BCUT2D eigenvalue weighted by Crippen LogP contribution is -2.41. The van der Waals surface area contributed by atoms with Gasteiger partial charge in [-0.05, 0) is 24.8 Å². The first-order chi connectivity index (χ1) is 8.20. The van der Waals surface area contributed by atoms with Crippen molar-refractivity contribution < 1.29 is 0 Å². The summed E-state index contributed by atoms with van der Waals surface area (Å²) in [5, 5.41) is 0. The Labute approximate surface area is 106 Å². The lowest BCUT2D eigenvalue weighted by molar-refractivity contribution is 0.360. The Hall–Kier alpha value is -0.820. The van der Waals surface area contributed by atoms with Gasteiger partial charge in [0, 0.05) is 5.54 Å². The smallest absolute Gasteiger partial charge is 0.0192 e. The summed E-state index contributed by atoms with van der Waals surface area (Å²) in [6.45, 7) is 4.46. The highest BCUT2D eigenvalue weighted by Crippen LogP contribution is 2.21. The van der Waals surface area contributed by atoms with Gasteiger partial charge in [-0.2, -0.15) is 0 Å². The van der Waals surface area contributed by atoms with E-state index in [2.05, 4.69) is 44.2 Å². The Kier molecular flexibility index (Phi) is 6.28. The molecule has 0 spiro atoms. The molecule has 0 amide bonds. The Bertz CT molecular complexity index is 294. The zero-order chi connectivity index (χ0) is 12.6. The standard InChI is InChI=1S/C16H27N/c1-3-5-6-10-13-16(17,4-2)14-15-11-8-7-9-12-15/h7-9,11-12H,3-6,10,13-14,17H2,1-2H3. The topological polar surface area (TPSA) is 26.0 Å². The molecule has 0 heterocycles. The molecule has 0 fully saturated rings. The van der Waals surface area contributed by atoms with Crippen LogP contribution < -0.4 is 5.73 Å². The van der Waals surface area contributed by atoms with Gasteiger partial charge in [0.15, 0.2) is 0 Å². The summed E-state index contributed by atoms with van der Waals surface area (Å²) in [5.41, 5.74) is 7.87. The Morgan fingerprint density at radius 1 is 1.00 bits per heavy atom. The third-order valence-corrected chi connectivity index (χ3v) is 3.63. The van der Waals surface area contributed by atoms with Gasteiger partial charge in [-0.3, -0.25) is 0 Å². The van der Waals surface area contributed by atoms with Crippen LogP contribution in [0.3, 0.4) is 0 Å². The number of hydrogen-bond acceptors (Lipinski definition) is 1. The molecule has 1 unspecified atom stereocenters. The van der Waals surface area contributed by atoms with Crippen molar-refractivity contribution in [3.8, 4) is 0 Å². The molecular weight excluding hydrogens is 206 g/mol. The SMILES string of the molecule is CCCCCCC(N)(CC)Cc1ccccc1. The number of unbranched alkanes of at least 4 members (excludes halogenated alkanes) is 3. The second-order valence-electron chi connectivity index (χ2n) is 5.19. The predicted octanol–water partition coefficient (Wildman–Crippen LogP) is 4.31. The zero-order valence-corrected chi connectivity index (χ0v) is 11.4. The van der Waals surface area contributed by atoms with Gasteiger partial charge < -0.3 is 5.73 Å². The van der Waals surface area contributed by atoms with E-state index in [4.69, 9.17) is 5.73 Å². The van der Waals surface area contributed by atoms with Crippen LogP contribution >= 0.6 is 0 Å². The van der Waals surface area contributed by atoms with Gasteiger partial charge in [-0.15, -0.1) is 0 Å². The minimum absolute atomic E-state index is 0.00487. The van der Waals surface area contributed by atoms with E-state index < -0.39 is 0 Å². The minimum atomic E-state index is -0.00487. The number of benzene rings is 1. The van der Waals surface area contributed by atoms with Crippen molar-refractivity contribution in [2.45, 2.75) is 64.3 Å². The Morgan fingerprint density at radius 2 is 1.71 bits per heavy atom. The molecule has 0 radical (unpaired) electrons. The van der Waals surface area contributed by atoms with Gasteiger partial charge in [-0.1, -0.05) is 69.9 Å². The summed E-state index contributed by atoms with van der Waals surface area (Å²) in [5.74, 6) is 0. The summed E-state index contributed by atoms with van der Waals surface area (Å²) < 4.78 is 0. The molecular formula is C16H27N. The Morgan fingerprint density at radius 3 is 2.29 bits per heavy atom. The van der Waals surface area contributed by atoms with Crippen molar-refractivity contribution in [3.63, 3.8) is 0 Å². The third-order valence-electron chi connectivity index (χ3n) is 3.63. The van der Waals surface area contributed by atoms with Gasteiger partial charge in [0.1, 0.15) is 0 Å². The average molecular weight is 233 g/mol. The van der Waals surface area contributed by atoms with Crippen molar-refractivity contribution >= 4 is 0 Å². The van der Waals surface area contributed by atoms with E-state index in [1.54, 1.807) is 0 Å². The molecule has 0 saturated heterocycles. The highest BCUT2D eigenvalue weighted by Gasteiger charge is 2.22. The van der Waals surface area contributed by atoms with E-state index in [-0.39, 0.29) is 5.54 Å². The molecule has 1 atom stereocenters. The third kappa shape index (κ3) is 5.36. The van der Waals surface area contributed by atoms with Crippen LogP contribution in [0.1, 0.15) is 57.9 Å². The van der Waals surface area contributed by atoms with Crippen LogP contribution in [0.15, 0.2) is 30.3 Å². The van der Waals surface area contributed by atoms with Crippen LogP contribution in [0.25, 0.3) is 0 Å². The monoisotopic (exact) mass is 233 g/mol. The zero-order valence-electron chi connectivity index (χ0n) is 11.4. The number of rotatable bonds is 8. The molecule has 17 heavy (non-hydrogen) atoms. The van der Waals surface area contributed by atoms with Gasteiger partial charge >= 0.3 is 0 Å². The molecule has 96 valence electrons. The van der Waals surface area contributed by atoms with E-state index in [1.807, 2.05) is 0 Å². The average Bonchev–Trinajstić information content (AvgIpc) is 2.36. The summed E-state index contributed by atoms with van der Waals surface area (Å²) in [6.07, 6.45) is 8.45. The molecule has 1 heteroatoms. The molecule has 1 aromatic rings. The van der Waals surface area contributed by atoms with Crippen LogP contribution in [-0.2, 0) is 6.42 Å². The summed E-state index contributed by atoms with van der Waals surface area (Å²) in [6, 6.07) is 10.6. The van der Waals surface area contributed by atoms with Crippen molar-refractivity contribution in [2.75, 3.05) is 0 Å². The second kappa shape index (κ2) is 7.50. The fourth-order valence-electron chi connectivity index (χ4n) is 2.30. The molecule has 1 aromatic carbocycles. The highest BCUT2D eigenvalue weighted by molar-refractivity contribution is 5.17. The molecule has 2 N–H and O–H groups in total. The predicted molar refractivity (Wildman–Crippen MR) is 76.1 cm³/mol. The van der Waals surface area contributed by atoms with Gasteiger partial charge in [0.2, 0.25) is 0 Å². The van der Waals surface area contributed by atoms with Crippen LogP contribution in [0.5, 0.6) is 0 Å². The maximum Gasteiger partial charge on any atom is 0.0192 e. The molecule has 0 aliphatic heterocycles. The fraction of sp³-hybridized carbons (Fsp3) is 0.625. The summed E-state index contributed by atoms with van der Waals surface area (Å²) >= 11 is 0. The van der Waals surface area contributed by atoms with E-state index >= 15 is 0 Å². The van der Waals surface area contributed by atoms with Gasteiger partial charge in [0.05, 0.1) is 0 Å². The normalized spacial score (nSPS) is 14.5. The largest absolute Gasteiger partial charge is 0.325 e. The van der Waals surface area contributed by atoms with E-state index in [1.165, 1.54) is 31.2 Å². The first-order valence-corrected chi connectivity index (χ1v) is 7.03. The maximum absolute atomic E-state index is 6.51. The Balaban J connectivity index is 2.45. The quantitative estimate of drug-likeness (QED) is 0.665. The lowest BCUT2D eigenvalue weighted by Gasteiger charge is -2.28. The number of nitrogens with two attached hydrogens (primary N) is 1. The first kappa shape index (κ1) is 14.2. The minimum Gasteiger partial charge on any atom is -0.325 e. The summed E-state index contributed by atoms with van der Waals surface area (Å²) in [4.78, 5) is 0. The lowest BCUT2D eigenvalue weighted by atomic mass is 9.84. The van der Waals surface area contributed by atoms with Gasteiger partial charge in [-0.25, -0.2) is 0 Å². The van der Waals surface area contributed by atoms with Crippen molar-refractivity contribution in [1.82, 2.24) is 0 Å². The van der Waals surface area contributed by atoms with Crippen LogP contribution in [0.2, 0.25) is 0 Å². The highest BCUT2D eigenvalue weighted by atomic mass is 14.7. The van der Waals surface area contributed by atoms with Crippen molar-refractivity contribution in [3.05, 3.63) is 35.9 Å². The molecule has 1 nitrogen and oxygen atoms in total. The molecule has 0 aliphatic carbocycles. The van der Waals surface area contributed by atoms with Gasteiger partial charge in [0.25, 0.3) is 0 Å². The molecule has 0 saturated carbocycles. The van der Waals surface area contributed by atoms with Crippen LogP contribution in [0.4, 0.5) is 0 Å². The second-order valence-corrected chi connectivity index (χ2v) is 5.19. The summed E-state index contributed by atoms with van der Waals surface area (Å²) in [7, 11) is 0. The van der Waals surface area contributed by atoms with Crippen LogP contribution in [0, 0.1) is 0 Å². The molecule has 0 aromatic heterocycles. The van der Waals surface area contributed by atoms with E-state index in [0.717, 1.165) is 19.3 Å². The van der Waals surface area contributed by atoms with E-state index in [0.29, 0.717) is 0 Å². The van der Waals surface area contributed by atoms with Crippen molar-refractivity contribution in [1.29, 1.82) is 0 Å². The number of hydrogen-bond donors (Lipinski definition) is 1. The molecule has 0 bridgehead atoms. The first-order valence-electron chi connectivity index (χ1n) is 7.03. The molecule has 0 aliphatic rings. The van der Waals surface area contributed by atoms with Crippen LogP contribution in [-0.4, -0.2) is 5.54 Å². The molecule has 1 rings (SSSR count). The van der Waals surface area contributed by atoms with Crippen molar-refractivity contribution in [2.24, 2.45) is 5.73 Å². The maximum atomic E-state index is 6.51. The van der Waals surface area contributed by atoms with E-state index in [9.17, 15) is 0 Å². The fourth-order valence-corrected chi connectivity index (χ4v) is 2.30.